The second-order valence-corrected chi connectivity index (χ2v) is 3.26. The molecule has 0 aliphatic heterocycles. The molecule has 4 heteroatoms. The molecule has 1 aromatic carbocycles. The van der Waals surface area contributed by atoms with Gasteiger partial charge >= 0.3 is 5.37 Å². The summed E-state index contributed by atoms with van der Waals surface area (Å²) in [4.78, 5) is 12.3. The number of nitrogens with zero attached hydrogens (tertiary/aromatic N) is 1. The molecule has 1 amide bonds. The summed E-state index contributed by atoms with van der Waals surface area (Å²) < 4.78 is 0. The molecule has 0 saturated carbocycles. The first-order valence-corrected chi connectivity index (χ1v) is 4.86. The van der Waals surface area contributed by atoms with Crippen LogP contribution in [0.3, 0.4) is 0 Å². The Morgan fingerprint density at radius 1 is 1.40 bits per heavy atom. The van der Waals surface area contributed by atoms with Gasteiger partial charge in [-0.25, -0.2) is 0 Å². The third-order valence-electron chi connectivity index (χ3n) is 1.97. The van der Waals surface area contributed by atoms with E-state index in [1.54, 1.807) is 0 Å². The van der Waals surface area contributed by atoms with Crippen LogP contribution in [-0.4, -0.2) is 28.5 Å². The fourth-order valence-electron chi connectivity index (χ4n) is 1.22. The van der Waals surface area contributed by atoms with E-state index in [1.807, 2.05) is 30.3 Å². The second kappa shape index (κ2) is 5.53. The molecule has 0 radical (unpaired) electrons. The maximum absolute atomic E-state index is 11.1. The van der Waals surface area contributed by atoms with Crippen molar-refractivity contribution >= 4 is 22.7 Å². The van der Waals surface area contributed by atoms with E-state index < -0.39 is 5.37 Å². The van der Waals surface area contributed by atoms with Crippen LogP contribution in [0.5, 0.6) is 0 Å². The van der Waals surface area contributed by atoms with Crippen LogP contribution in [0.15, 0.2) is 36.9 Å². The van der Waals surface area contributed by atoms with Crippen molar-refractivity contribution in [1.29, 1.82) is 0 Å². The van der Waals surface area contributed by atoms with E-state index in [0.717, 1.165) is 5.56 Å². The summed E-state index contributed by atoms with van der Waals surface area (Å²) in [6.45, 7) is 3.78. The van der Waals surface area contributed by atoms with Crippen molar-refractivity contribution < 1.29 is 9.90 Å². The normalized spacial score (nSPS) is 9.73. The summed E-state index contributed by atoms with van der Waals surface area (Å²) >= 11 is 5.38. The molecular weight excluding hydrogens is 214 g/mol. The lowest BCUT2D eigenvalue weighted by Gasteiger charge is -2.20. The SMILES string of the molecule is C=C(c1ccccc1)N(CCO)C(=O)Cl. The molecule has 0 saturated heterocycles. The minimum absolute atomic E-state index is 0.148. The highest BCUT2D eigenvalue weighted by atomic mass is 35.5. The Kier molecular flexibility index (Phi) is 4.34. The number of carbonyl (C=O) groups is 1. The number of halogens is 1. The Morgan fingerprint density at radius 3 is 2.47 bits per heavy atom. The molecule has 15 heavy (non-hydrogen) atoms. The van der Waals surface area contributed by atoms with Gasteiger partial charge in [-0.05, 0) is 17.2 Å². The molecule has 1 N–H and O–H groups in total. The number of hydrogen-bond acceptors (Lipinski definition) is 2. The van der Waals surface area contributed by atoms with Crippen LogP contribution in [0.4, 0.5) is 4.79 Å². The van der Waals surface area contributed by atoms with E-state index in [1.165, 1.54) is 4.90 Å². The Labute approximate surface area is 93.6 Å². The molecule has 1 rings (SSSR count). The number of carbonyl (C=O) groups excluding carboxylic acids is 1. The predicted octanol–water partition coefficient (Wildman–Crippen LogP) is 2.31. The van der Waals surface area contributed by atoms with E-state index in [2.05, 4.69) is 6.58 Å². The van der Waals surface area contributed by atoms with Gasteiger partial charge in [-0.1, -0.05) is 36.9 Å². The standard InChI is InChI=1S/C11H12ClNO2/c1-9(10-5-3-2-4-6-10)13(7-8-14)11(12)15/h2-6,14H,1,7-8H2. The highest BCUT2D eigenvalue weighted by Gasteiger charge is 2.14. The van der Waals surface area contributed by atoms with Gasteiger partial charge < -0.3 is 5.11 Å². The average molecular weight is 226 g/mol. The maximum atomic E-state index is 11.1. The molecule has 0 bridgehead atoms. The lowest BCUT2D eigenvalue weighted by molar-refractivity contribution is 0.222. The lowest BCUT2D eigenvalue weighted by Crippen LogP contribution is -2.27. The Balaban J connectivity index is 2.86. The zero-order valence-electron chi connectivity index (χ0n) is 8.19. The van der Waals surface area contributed by atoms with Crippen molar-refractivity contribution in [2.24, 2.45) is 0 Å². The van der Waals surface area contributed by atoms with Crippen molar-refractivity contribution in [3.05, 3.63) is 42.5 Å². The Bertz CT molecular complexity index is 351. The summed E-state index contributed by atoms with van der Waals surface area (Å²) in [5.41, 5.74) is 1.30. The fourth-order valence-corrected chi connectivity index (χ4v) is 1.40. The predicted molar refractivity (Wildman–Crippen MR) is 60.5 cm³/mol. The largest absolute Gasteiger partial charge is 0.395 e. The van der Waals surface area contributed by atoms with E-state index in [4.69, 9.17) is 16.7 Å². The molecule has 0 aliphatic rings. The van der Waals surface area contributed by atoms with E-state index >= 15 is 0 Å². The van der Waals surface area contributed by atoms with Crippen LogP contribution in [0.1, 0.15) is 5.56 Å². The van der Waals surface area contributed by atoms with Crippen molar-refractivity contribution in [1.82, 2.24) is 4.90 Å². The number of aliphatic hydroxyl groups is 1. The number of rotatable bonds is 4. The highest BCUT2D eigenvalue weighted by molar-refractivity contribution is 6.63. The summed E-state index contributed by atoms with van der Waals surface area (Å²) in [6.07, 6.45) is 0. The topological polar surface area (TPSA) is 40.5 Å². The molecule has 1 aromatic rings. The van der Waals surface area contributed by atoms with Crippen molar-refractivity contribution in [2.45, 2.75) is 0 Å². The van der Waals surface area contributed by atoms with Gasteiger partial charge in [0.15, 0.2) is 0 Å². The van der Waals surface area contributed by atoms with Gasteiger partial charge in [-0.3, -0.25) is 9.69 Å². The summed E-state index contributed by atoms with van der Waals surface area (Å²) in [5.74, 6) is 0. The molecule has 0 aliphatic carbocycles. The molecule has 3 nitrogen and oxygen atoms in total. The van der Waals surface area contributed by atoms with Crippen LogP contribution >= 0.6 is 11.6 Å². The third kappa shape index (κ3) is 3.08. The van der Waals surface area contributed by atoms with Gasteiger partial charge in [-0.2, -0.15) is 0 Å². The zero-order chi connectivity index (χ0) is 11.3. The van der Waals surface area contributed by atoms with Crippen molar-refractivity contribution in [3.8, 4) is 0 Å². The molecule has 80 valence electrons. The summed E-state index contributed by atoms with van der Waals surface area (Å²) in [7, 11) is 0. The third-order valence-corrected chi connectivity index (χ3v) is 2.17. The van der Waals surface area contributed by atoms with Gasteiger partial charge in [0, 0.05) is 5.70 Å². The number of hydrogen-bond donors (Lipinski definition) is 1. The van der Waals surface area contributed by atoms with Gasteiger partial charge in [0.2, 0.25) is 0 Å². The zero-order valence-corrected chi connectivity index (χ0v) is 8.94. The lowest BCUT2D eigenvalue weighted by atomic mass is 10.1. The van der Waals surface area contributed by atoms with E-state index in [9.17, 15) is 4.79 Å². The van der Waals surface area contributed by atoms with E-state index in [0.29, 0.717) is 5.70 Å². The van der Waals surface area contributed by atoms with Crippen LogP contribution in [-0.2, 0) is 0 Å². The van der Waals surface area contributed by atoms with E-state index in [-0.39, 0.29) is 13.2 Å². The van der Waals surface area contributed by atoms with Gasteiger partial charge in [0.05, 0.1) is 13.2 Å². The summed E-state index contributed by atoms with van der Waals surface area (Å²) in [5, 5.41) is 8.15. The monoisotopic (exact) mass is 225 g/mol. The molecule has 0 aromatic heterocycles. The van der Waals surface area contributed by atoms with Crippen molar-refractivity contribution in [3.63, 3.8) is 0 Å². The minimum Gasteiger partial charge on any atom is -0.395 e. The molecule has 0 heterocycles. The molecule has 0 spiro atoms. The fraction of sp³-hybridized carbons (Fsp3) is 0.182. The average Bonchev–Trinajstić information content (AvgIpc) is 2.26. The van der Waals surface area contributed by atoms with Crippen LogP contribution < -0.4 is 0 Å². The minimum atomic E-state index is -0.641. The molecule has 0 atom stereocenters. The number of benzene rings is 1. The van der Waals surface area contributed by atoms with Gasteiger partial charge in [0.25, 0.3) is 0 Å². The number of amides is 1. The van der Waals surface area contributed by atoms with Gasteiger partial charge in [0.1, 0.15) is 0 Å². The Morgan fingerprint density at radius 2 is 2.00 bits per heavy atom. The highest BCUT2D eigenvalue weighted by Crippen LogP contribution is 2.18. The van der Waals surface area contributed by atoms with Crippen LogP contribution in [0.25, 0.3) is 5.70 Å². The smallest absolute Gasteiger partial charge is 0.320 e. The second-order valence-electron chi connectivity index (χ2n) is 2.94. The molecule has 0 fully saturated rings. The van der Waals surface area contributed by atoms with Gasteiger partial charge in [-0.15, -0.1) is 0 Å². The molecular formula is C11H12ClNO2. The maximum Gasteiger partial charge on any atom is 0.320 e. The molecule has 0 unspecified atom stereocenters. The summed E-state index contributed by atoms with van der Waals surface area (Å²) in [6, 6.07) is 9.21. The first-order chi connectivity index (χ1) is 7.16. The first-order valence-electron chi connectivity index (χ1n) is 4.49. The van der Waals surface area contributed by atoms with Crippen molar-refractivity contribution in [2.75, 3.05) is 13.2 Å². The quantitative estimate of drug-likeness (QED) is 0.631. The van der Waals surface area contributed by atoms with Crippen LogP contribution in [0.2, 0.25) is 0 Å². The number of aliphatic hydroxyl groups excluding tert-OH is 1. The Hall–Kier alpha value is -1.32. The van der Waals surface area contributed by atoms with Crippen LogP contribution in [0, 0.1) is 0 Å². The first kappa shape index (κ1) is 11.8.